The molecule has 0 radical (unpaired) electrons. The highest BCUT2D eigenvalue weighted by Crippen LogP contribution is 2.31. The van der Waals surface area contributed by atoms with Gasteiger partial charge >= 0.3 is 11.8 Å². The Balaban J connectivity index is 1.66. The lowest BCUT2D eigenvalue weighted by molar-refractivity contribution is 0.0272. The molecule has 1 N–H and O–H groups in total. The predicted octanol–water partition coefficient (Wildman–Crippen LogP) is 1.74. The minimum atomic E-state index is -0.307. The van der Waals surface area contributed by atoms with E-state index in [0.717, 1.165) is 5.39 Å². The van der Waals surface area contributed by atoms with E-state index in [0.29, 0.717) is 42.5 Å². The highest BCUT2D eigenvalue weighted by atomic mass is 35.5. The molecule has 3 aromatic rings. The van der Waals surface area contributed by atoms with Gasteiger partial charge in [0.05, 0.1) is 23.8 Å². The molecule has 1 fully saturated rings. The third-order valence-corrected chi connectivity index (χ3v) is 4.08. The number of pyridine rings is 1. The van der Waals surface area contributed by atoms with Crippen LogP contribution in [0.5, 0.6) is 0 Å². The molecule has 0 bridgehead atoms. The van der Waals surface area contributed by atoms with Crippen LogP contribution in [-0.2, 0) is 4.74 Å². The minimum absolute atomic E-state index is 0.0628. The Morgan fingerprint density at radius 3 is 3.00 bits per heavy atom. The number of hydrogen-bond donors (Lipinski definition) is 1. The van der Waals surface area contributed by atoms with Crippen LogP contribution in [0.15, 0.2) is 23.0 Å². The summed E-state index contributed by atoms with van der Waals surface area (Å²) < 4.78 is 10.3. The van der Waals surface area contributed by atoms with Gasteiger partial charge in [0.25, 0.3) is 0 Å². The van der Waals surface area contributed by atoms with Crippen molar-refractivity contribution in [3.8, 4) is 11.4 Å². The van der Waals surface area contributed by atoms with E-state index in [4.69, 9.17) is 20.9 Å². The number of fused-ring (bicyclic) bond motifs is 1. The van der Waals surface area contributed by atoms with Crippen molar-refractivity contribution in [1.29, 1.82) is 0 Å². The maximum absolute atomic E-state index is 12.3. The van der Waals surface area contributed by atoms with Crippen LogP contribution in [-0.4, -0.2) is 57.2 Å². The molecule has 1 saturated heterocycles. The molecule has 3 aromatic heterocycles. The fourth-order valence-corrected chi connectivity index (χ4v) is 2.74. The van der Waals surface area contributed by atoms with Crippen molar-refractivity contribution < 1.29 is 14.1 Å². The third-order valence-electron chi connectivity index (χ3n) is 3.67. The second-order valence-electron chi connectivity index (χ2n) is 5.05. The molecule has 0 atom stereocenters. The van der Waals surface area contributed by atoms with Crippen LogP contribution in [0.25, 0.3) is 22.4 Å². The summed E-state index contributed by atoms with van der Waals surface area (Å²) >= 11 is 6.36. The van der Waals surface area contributed by atoms with Gasteiger partial charge in [0, 0.05) is 30.9 Å². The average Bonchev–Trinajstić information content (AvgIpc) is 3.25. The SMILES string of the molecule is O=C(c1nc(-c2cnc3[nH]ccc3c2Cl)no1)N1CCOCC1. The summed E-state index contributed by atoms with van der Waals surface area (Å²) in [7, 11) is 0. The second-order valence-corrected chi connectivity index (χ2v) is 5.43. The molecule has 0 saturated carbocycles. The summed E-state index contributed by atoms with van der Waals surface area (Å²) in [6.07, 6.45) is 3.30. The summed E-state index contributed by atoms with van der Waals surface area (Å²) in [5, 5.41) is 5.07. The molecule has 23 heavy (non-hydrogen) atoms. The summed E-state index contributed by atoms with van der Waals surface area (Å²) in [6, 6.07) is 1.81. The number of nitrogens with zero attached hydrogens (tertiary/aromatic N) is 4. The lowest BCUT2D eigenvalue weighted by Crippen LogP contribution is -2.40. The topological polar surface area (TPSA) is 97.1 Å². The van der Waals surface area contributed by atoms with Gasteiger partial charge in [0.1, 0.15) is 5.65 Å². The average molecular weight is 334 g/mol. The molecule has 4 heterocycles. The summed E-state index contributed by atoms with van der Waals surface area (Å²) in [5.41, 5.74) is 1.19. The zero-order valence-corrected chi connectivity index (χ0v) is 12.7. The molecule has 9 heteroatoms. The first-order valence-electron chi connectivity index (χ1n) is 7.07. The smallest absolute Gasteiger partial charge is 0.316 e. The molecular weight excluding hydrogens is 322 g/mol. The fourth-order valence-electron chi connectivity index (χ4n) is 2.45. The highest BCUT2D eigenvalue weighted by Gasteiger charge is 2.25. The van der Waals surface area contributed by atoms with Gasteiger partial charge in [-0.2, -0.15) is 4.98 Å². The Morgan fingerprint density at radius 1 is 1.35 bits per heavy atom. The van der Waals surface area contributed by atoms with Crippen LogP contribution in [0, 0.1) is 0 Å². The van der Waals surface area contributed by atoms with E-state index >= 15 is 0 Å². The molecule has 1 amide bonds. The number of aromatic nitrogens is 4. The van der Waals surface area contributed by atoms with Crippen LogP contribution >= 0.6 is 11.6 Å². The van der Waals surface area contributed by atoms with Crippen LogP contribution in [0.1, 0.15) is 10.7 Å². The van der Waals surface area contributed by atoms with Crippen molar-refractivity contribution in [2.45, 2.75) is 0 Å². The Kier molecular flexibility index (Phi) is 3.47. The van der Waals surface area contributed by atoms with Gasteiger partial charge in [-0.15, -0.1) is 0 Å². The molecule has 1 aliphatic rings. The number of H-pyrrole nitrogens is 1. The van der Waals surface area contributed by atoms with E-state index in [1.54, 1.807) is 17.3 Å². The standard InChI is InChI=1S/C14H12ClN5O3/c15-10-8-1-2-16-11(8)17-7-9(10)12-18-13(23-19-12)14(21)20-3-5-22-6-4-20/h1-2,7H,3-6H2,(H,16,17). The number of morpholine rings is 1. The number of nitrogens with one attached hydrogen (secondary N) is 1. The second kappa shape index (κ2) is 5.64. The largest absolute Gasteiger partial charge is 0.378 e. The Morgan fingerprint density at radius 2 is 2.17 bits per heavy atom. The maximum Gasteiger partial charge on any atom is 0.316 e. The van der Waals surface area contributed by atoms with E-state index in [1.807, 2.05) is 6.07 Å². The van der Waals surface area contributed by atoms with Gasteiger partial charge in [-0.25, -0.2) is 4.98 Å². The third kappa shape index (κ3) is 2.45. The Hall–Kier alpha value is -2.45. The number of rotatable bonds is 2. The number of halogens is 1. The number of ether oxygens (including phenoxy) is 1. The Bertz CT molecular complexity index is 868. The van der Waals surface area contributed by atoms with E-state index < -0.39 is 0 Å². The monoisotopic (exact) mass is 333 g/mol. The number of hydrogen-bond acceptors (Lipinski definition) is 6. The van der Waals surface area contributed by atoms with Crippen molar-refractivity contribution in [3.63, 3.8) is 0 Å². The molecule has 0 unspecified atom stereocenters. The number of aromatic amines is 1. The van der Waals surface area contributed by atoms with Gasteiger partial charge < -0.3 is 19.1 Å². The molecule has 4 rings (SSSR count). The van der Waals surface area contributed by atoms with E-state index in [1.165, 1.54) is 0 Å². The van der Waals surface area contributed by atoms with Crippen molar-refractivity contribution in [1.82, 2.24) is 25.0 Å². The van der Waals surface area contributed by atoms with Gasteiger partial charge in [-0.05, 0) is 6.07 Å². The van der Waals surface area contributed by atoms with Crippen molar-refractivity contribution >= 4 is 28.5 Å². The minimum Gasteiger partial charge on any atom is -0.378 e. The fraction of sp³-hybridized carbons (Fsp3) is 0.286. The van der Waals surface area contributed by atoms with Gasteiger partial charge in [0.15, 0.2) is 0 Å². The molecule has 8 nitrogen and oxygen atoms in total. The Labute approximate surface area is 135 Å². The van der Waals surface area contributed by atoms with Gasteiger partial charge in [-0.3, -0.25) is 4.79 Å². The first-order chi connectivity index (χ1) is 11.2. The molecule has 0 aromatic carbocycles. The van der Waals surface area contributed by atoms with Crippen molar-refractivity contribution in [2.24, 2.45) is 0 Å². The normalized spacial score (nSPS) is 15.3. The lowest BCUT2D eigenvalue weighted by atomic mass is 10.2. The van der Waals surface area contributed by atoms with Crippen LogP contribution in [0.4, 0.5) is 0 Å². The molecule has 0 aliphatic carbocycles. The summed E-state index contributed by atoms with van der Waals surface area (Å²) in [5.74, 6) is -0.131. The zero-order chi connectivity index (χ0) is 15.8. The number of carbonyl (C=O) groups is 1. The van der Waals surface area contributed by atoms with E-state index in [2.05, 4.69) is 20.1 Å². The number of carbonyl (C=O) groups excluding carboxylic acids is 1. The van der Waals surface area contributed by atoms with Crippen molar-refractivity contribution in [2.75, 3.05) is 26.3 Å². The predicted molar refractivity (Wildman–Crippen MR) is 81.1 cm³/mol. The molecule has 1 aliphatic heterocycles. The van der Waals surface area contributed by atoms with Crippen molar-refractivity contribution in [3.05, 3.63) is 29.4 Å². The lowest BCUT2D eigenvalue weighted by Gasteiger charge is -2.25. The van der Waals surface area contributed by atoms with Gasteiger partial charge in [-0.1, -0.05) is 16.8 Å². The maximum atomic E-state index is 12.3. The number of amides is 1. The zero-order valence-electron chi connectivity index (χ0n) is 12.0. The summed E-state index contributed by atoms with van der Waals surface area (Å²) in [6.45, 7) is 2.03. The molecular formula is C14H12ClN5O3. The van der Waals surface area contributed by atoms with Crippen LogP contribution in [0.2, 0.25) is 5.02 Å². The van der Waals surface area contributed by atoms with Crippen LogP contribution < -0.4 is 0 Å². The first kappa shape index (κ1) is 14.2. The van der Waals surface area contributed by atoms with Gasteiger partial charge in [0.2, 0.25) is 5.82 Å². The van der Waals surface area contributed by atoms with E-state index in [9.17, 15) is 4.79 Å². The first-order valence-corrected chi connectivity index (χ1v) is 7.44. The highest BCUT2D eigenvalue weighted by molar-refractivity contribution is 6.37. The van der Waals surface area contributed by atoms with Crippen LogP contribution in [0.3, 0.4) is 0 Å². The summed E-state index contributed by atoms with van der Waals surface area (Å²) in [4.78, 5) is 25.3. The molecule has 118 valence electrons. The quantitative estimate of drug-likeness (QED) is 0.767. The molecule has 0 spiro atoms. The van der Waals surface area contributed by atoms with E-state index in [-0.39, 0.29) is 17.6 Å².